The quantitative estimate of drug-likeness (QED) is 0.779. The largest absolute Gasteiger partial charge is 0.383 e. The SMILES string of the molecule is O[C@@]1(c2ccccc2)CCN2CCCC[C@H]21. The van der Waals surface area contributed by atoms with Gasteiger partial charge in [0.1, 0.15) is 5.60 Å². The number of benzene rings is 1. The van der Waals surface area contributed by atoms with Crippen LogP contribution in [-0.2, 0) is 5.60 Å². The molecule has 0 amide bonds. The molecule has 0 spiro atoms. The minimum Gasteiger partial charge on any atom is -0.383 e. The van der Waals surface area contributed by atoms with Crippen LogP contribution in [0.25, 0.3) is 0 Å². The first-order chi connectivity index (χ1) is 7.81. The molecule has 1 aromatic carbocycles. The van der Waals surface area contributed by atoms with Crippen molar-refractivity contribution in [2.24, 2.45) is 0 Å². The molecule has 2 heteroatoms. The average molecular weight is 217 g/mol. The molecular weight excluding hydrogens is 198 g/mol. The van der Waals surface area contributed by atoms with Crippen molar-refractivity contribution >= 4 is 0 Å². The van der Waals surface area contributed by atoms with E-state index in [-0.39, 0.29) is 0 Å². The van der Waals surface area contributed by atoms with Gasteiger partial charge in [-0.05, 0) is 31.4 Å². The van der Waals surface area contributed by atoms with Crippen LogP contribution in [0.2, 0.25) is 0 Å². The summed E-state index contributed by atoms with van der Waals surface area (Å²) in [6.45, 7) is 2.22. The second-order valence-electron chi connectivity index (χ2n) is 5.09. The first-order valence-electron chi connectivity index (χ1n) is 6.33. The Morgan fingerprint density at radius 3 is 2.75 bits per heavy atom. The van der Waals surface area contributed by atoms with E-state index < -0.39 is 5.60 Å². The first-order valence-corrected chi connectivity index (χ1v) is 6.33. The first kappa shape index (κ1) is 10.3. The standard InChI is InChI=1S/C14H19NO/c16-14(12-6-2-1-3-7-12)9-11-15-10-5-4-8-13(14)15/h1-3,6-7,13,16H,4-5,8-11H2/t13-,14+/m0/s1. The van der Waals surface area contributed by atoms with Gasteiger partial charge < -0.3 is 5.11 Å². The van der Waals surface area contributed by atoms with Crippen LogP contribution in [-0.4, -0.2) is 29.1 Å². The molecule has 2 heterocycles. The highest BCUT2D eigenvalue weighted by atomic mass is 16.3. The molecule has 16 heavy (non-hydrogen) atoms. The maximum Gasteiger partial charge on any atom is 0.106 e. The molecule has 0 unspecified atom stereocenters. The molecule has 0 bridgehead atoms. The predicted octanol–water partition coefficient (Wildman–Crippen LogP) is 2.13. The molecule has 0 aliphatic carbocycles. The van der Waals surface area contributed by atoms with Crippen LogP contribution in [0.3, 0.4) is 0 Å². The Morgan fingerprint density at radius 1 is 1.12 bits per heavy atom. The van der Waals surface area contributed by atoms with Gasteiger partial charge in [0.15, 0.2) is 0 Å². The lowest BCUT2D eigenvalue weighted by molar-refractivity contribution is -0.0138. The predicted molar refractivity (Wildman–Crippen MR) is 64.2 cm³/mol. The minimum absolute atomic E-state index is 0.351. The van der Waals surface area contributed by atoms with Crippen LogP contribution in [0.1, 0.15) is 31.2 Å². The normalized spacial score (nSPS) is 34.9. The fraction of sp³-hybridized carbons (Fsp3) is 0.571. The number of fused-ring (bicyclic) bond motifs is 1. The molecule has 1 N–H and O–H groups in total. The second kappa shape index (κ2) is 3.86. The molecule has 2 fully saturated rings. The molecule has 2 saturated heterocycles. The third-order valence-electron chi connectivity index (χ3n) is 4.22. The summed E-state index contributed by atoms with van der Waals surface area (Å²) in [5, 5.41) is 10.9. The zero-order chi connectivity index (χ0) is 11.0. The van der Waals surface area contributed by atoms with Crippen molar-refractivity contribution in [3.63, 3.8) is 0 Å². The van der Waals surface area contributed by atoms with Gasteiger partial charge in [-0.1, -0.05) is 36.8 Å². The summed E-state index contributed by atoms with van der Waals surface area (Å²) >= 11 is 0. The van der Waals surface area contributed by atoms with E-state index in [2.05, 4.69) is 17.0 Å². The van der Waals surface area contributed by atoms with Gasteiger partial charge in [0, 0.05) is 12.6 Å². The Kier molecular flexibility index (Phi) is 2.49. The molecule has 0 saturated carbocycles. The molecule has 0 aromatic heterocycles. The Morgan fingerprint density at radius 2 is 1.94 bits per heavy atom. The van der Waals surface area contributed by atoms with Gasteiger partial charge in [-0.25, -0.2) is 0 Å². The van der Waals surface area contributed by atoms with E-state index in [4.69, 9.17) is 0 Å². The smallest absolute Gasteiger partial charge is 0.106 e. The molecule has 86 valence electrons. The number of hydrogen-bond acceptors (Lipinski definition) is 2. The van der Waals surface area contributed by atoms with Gasteiger partial charge in [-0.15, -0.1) is 0 Å². The zero-order valence-corrected chi connectivity index (χ0v) is 9.60. The van der Waals surface area contributed by atoms with Gasteiger partial charge in [-0.2, -0.15) is 0 Å². The van der Waals surface area contributed by atoms with Crippen molar-refractivity contribution < 1.29 is 5.11 Å². The van der Waals surface area contributed by atoms with Crippen molar-refractivity contribution in [2.75, 3.05) is 13.1 Å². The number of hydrogen-bond donors (Lipinski definition) is 1. The Hall–Kier alpha value is -0.860. The van der Waals surface area contributed by atoms with Gasteiger partial charge >= 0.3 is 0 Å². The highest BCUT2D eigenvalue weighted by Gasteiger charge is 2.47. The van der Waals surface area contributed by atoms with Crippen LogP contribution in [0.5, 0.6) is 0 Å². The summed E-state index contributed by atoms with van der Waals surface area (Å²) in [7, 11) is 0. The van der Waals surface area contributed by atoms with Gasteiger partial charge in [0.05, 0.1) is 0 Å². The molecule has 2 nitrogen and oxygen atoms in total. The molecule has 1 aromatic rings. The second-order valence-corrected chi connectivity index (χ2v) is 5.09. The summed E-state index contributed by atoms with van der Waals surface area (Å²) in [6.07, 6.45) is 4.59. The molecule has 0 radical (unpaired) electrons. The molecule has 2 atom stereocenters. The lowest BCUT2D eigenvalue weighted by Crippen LogP contribution is -2.45. The highest BCUT2D eigenvalue weighted by molar-refractivity contribution is 5.26. The third kappa shape index (κ3) is 1.48. The number of rotatable bonds is 1. The van der Waals surface area contributed by atoms with Gasteiger partial charge in [0.2, 0.25) is 0 Å². The van der Waals surface area contributed by atoms with Crippen LogP contribution in [0.15, 0.2) is 30.3 Å². The fourth-order valence-corrected chi connectivity index (χ4v) is 3.34. The summed E-state index contributed by atoms with van der Waals surface area (Å²) in [5.74, 6) is 0. The summed E-state index contributed by atoms with van der Waals surface area (Å²) in [4.78, 5) is 2.47. The third-order valence-corrected chi connectivity index (χ3v) is 4.22. The number of nitrogens with zero attached hydrogens (tertiary/aromatic N) is 1. The Labute approximate surface area is 96.9 Å². The summed E-state index contributed by atoms with van der Waals surface area (Å²) in [5.41, 5.74) is 0.506. The Balaban J connectivity index is 1.93. The minimum atomic E-state index is -0.596. The Bertz CT molecular complexity index is 364. The monoisotopic (exact) mass is 217 g/mol. The van der Waals surface area contributed by atoms with E-state index in [9.17, 15) is 5.11 Å². The van der Waals surface area contributed by atoms with Gasteiger partial charge in [0.25, 0.3) is 0 Å². The van der Waals surface area contributed by atoms with Crippen LogP contribution in [0, 0.1) is 0 Å². The molecule has 2 aliphatic rings. The van der Waals surface area contributed by atoms with E-state index in [1.807, 2.05) is 18.2 Å². The van der Waals surface area contributed by atoms with Crippen molar-refractivity contribution in [3.05, 3.63) is 35.9 Å². The zero-order valence-electron chi connectivity index (χ0n) is 9.60. The lowest BCUT2D eigenvalue weighted by Gasteiger charge is -2.37. The summed E-state index contributed by atoms with van der Waals surface area (Å²) in [6, 6.07) is 10.6. The summed E-state index contributed by atoms with van der Waals surface area (Å²) < 4.78 is 0. The van der Waals surface area contributed by atoms with E-state index in [0.717, 1.165) is 24.9 Å². The van der Waals surface area contributed by atoms with Crippen LogP contribution < -0.4 is 0 Å². The fourth-order valence-electron chi connectivity index (χ4n) is 3.34. The average Bonchev–Trinajstić information content (AvgIpc) is 2.71. The van der Waals surface area contributed by atoms with Crippen LogP contribution in [0.4, 0.5) is 0 Å². The lowest BCUT2D eigenvalue weighted by atomic mass is 9.83. The van der Waals surface area contributed by atoms with Crippen molar-refractivity contribution in [1.82, 2.24) is 4.90 Å². The van der Waals surface area contributed by atoms with Gasteiger partial charge in [-0.3, -0.25) is 4.90 Å². The molecule has 3 rings (SSSR count). The molecular formula is C14H19NO. The van der Waals surface area contributed by atoms with E-state index in [0.29, 0.717) is 6.04 Å². The number of piperidine rings is 1. The van der Waals surface area contributed by atoms with E-state index in [1.54, 1.807) is 0 Å². The topological polar surface area (TPSA) is 23.5 Å². The van der Waals surface area contributed by atoms with E-state index in [1.165, 1.54) is 19.4 Å². The number of aliphatic hydroxyl groups is 1. The van der Waals surface area contributed by atoms with Crippen molar-refractivity contribution in [3.8, 4) is 0 Å². The van der Waals surface area contributed by atoms with Crippen molar-refractivity contribution in [2.45, 2.75) is 37.3 Å². The maximum absolute atomic E-state index is 10.9. The highest BCUT2D eigenvalue weighted by Crippen LogP contribution is 2.41. The van der Waals surface area contributed by atoms with Crippen LogP contribution >= 0.6 is 0 Å². The van der Waals surface area contributed by atoms with E-state index >= 15 is 0 Å². The van der Waals surface area contributed by atoms with Crippen molar-refractivity contribution in [1.29, 1.82) is 0 Å². The molecule has 2 aliphatic heterocycles. The maximum atomic E-state index is 10.9.